The largest absolute Gasteiger partial charge is 0.329 e. The van der Waals surface area contributed by atoms with E-state index in [0.717, 1.165) is 23.6 Å². The van der Waals surface area contributed by atoms with Crippen LogP contribution in [0.15, 0.2) is 0 Å². The minimum absolute atomic E-state index is 0.783. The van der Waals surface area contributed by atoms with E-state index in [2.05, 4.69) is 30.5 Å². The monoisotopic (exact) mass is 174 g/mol. The number of nitrogens with zero attached hydrogens (tertiary/aromatic N) is 1. The van der Waals surface area contributed by atoms with Gasteiger partial charge in [0.15, 0.2) is 0 Å². The van der Waals surface area contributed by atoms with Crippen molar-refractivity contribution in [3.8, 4) is 0 Å². The predicted molar refractivity (Wildman–Crippen MR) is 52.0 cm³/mol. The first kappa shape index (κ1) is 9.36. The van der Waals surface area contributed by atoms with E-state index in [1.165, 1.54) is 13.1 Å². The Morgan fingerprint density at radius 1 is 1.36 bits per heavy atom. The van der Waals surface area contributed by atoms with E-state index < -0.39 is 0 Å². The second kappa shape index (κ2) is 4.33. The van der Waals surface area contributed by atoms with Crippen LogP contribution < -0.4 is 5.73 Å². The first-order valence-electron chi connectivity index (χ1n) is 4.30. The van der Waals surface area contributed by atoms with Crippen molar-refractivity contribution in [3.05, 3.63) is 0 Å². The molecule has 1 aliphatic heterocycles. The molecule has 0 aromatic carbocycles. The van der Waals surface area contributed by atoms with Crippen LogP contribution >= 0.6 is 11.8 Å². The van der Waals surface area contributed by atoms with Crippen LogP contribution in [0.4, 0.5) is 0 Å². The molecule has 0 aromatic rings. The van der Waals surface area contributed by atoms with Gasteiger partial charge in [-0.3, -0.25) is 4.90 Å². The summed E-state index contributed by atoms with van der Waals surface area (Å²) in [6.07, 6.45) is 0. The molecule has 1 saturated heterocycles. The molecule has 11 heavy (non-hydrogen) atoms. The molecule has 1 rings (SSSR count). The van der Waals surface area contributed by atoms with Gasteiger partial charge in [0.25, 0.3) is 0 Å². The minimum atomic E-state index is 0.783. The molecule has 1 aliphatic rings. The van der Waals surface area contributed by atoms with Crippen molar-refractivity contribution in [1.29, 1.82) is 0 Å². The Labute approximate surface area is 73.5 Å². The zero-order chi connectivity index (χ0) is 8.27. The quantitative estimate of drug-likeness (QED) is 0.670. The Hall–Kier alpha value is 0.270. The molecule has 0 amide bonds. The highest BCUT2D eigenvalue weighted by Crippen LogP contribution is 2.23. The van der Waals surface area contributed by atoms with Gasteiger partial charge in [-0.25, -0.2) is 0 Å². The molecule has 1 heterocycles. The summed E-state index contributed by atoms with van der Waals surface area (Å²) in [6, 6.07) is 0. The predicted octanol–water partition coefficient (Wildman–Crippen LogP) is 0.771. The zero-order valence-electron chi connectivity index (χ0n) is 7.42. The van der Waals surface area contributed by atoms with Crippen molar-refractivity contribution in [2.45, 2.75) is 24.3 Å². The highest BCUT2D eigenvalue weighted by Gasteiger charge is 2.20. The van der Waals surface area contributed by atoms with Crippen LogP contribution in [0.2, 0.25) is 0 Å². The lowest BCUT2D eigenvalue weighted by molar-refractivity contribution is 0.278. The summed E-state index contributed by atoms with van der Waals surface area (Å²) in [5, 5.41) is 1.57. The molecule has 1 fully saturated rings. The van der Waals surface area contributed by atoms with E-state index in [1.807, 2.05) is 0 Å². The van der Waals surface area contributed by atoms with Crippen molar-refractivity contribution in [2.75, 3.05) is 26.2 Å². The van der Waals surface area contributed by atoms with Crippen molar-refractivity contribution >= 4 is 11.8 Å². The molecule has 3 heteroatoms. The summed E-state index contributed by atoms with van der Waals surface area (Å²) in [5.41, 5.74) is 5.50. The lowest BCUT2D eigenvalue weighted by atomic mass is 10.3. The first-order valence-corrected chi connectivity index (χ1v) is 5.24. The fourth-order valence-corrected chi connectivity index (χ4v) is 3.04. The van der Waals surface area contributed by atoms with Crippen molar-refractivity contribution < 1.29 is 0 Å². The first-order chi connectivity index (χ1) is 5.22. The van der Waals surface area contributed by atoms with Crippen LogP contribution in [0.1, 0.15) is 13.8 Å². The molecule has 2 N–H and O–H groups in total. The van der Waals surface area contributed by atoms with Gasteiger partial charge < -0.3 is 5.73 Å². The molecule has 0 aromatic heterocycles. The van der Waals surface area contributed by atoms with Crippen LogP contribution in [-0.4, -0.2) is 41.6 Å². The molecule has 0 bridgehead atoms. The topological polar surface area (TPSA) is 29.3 Å². The molecule has 66 valence electrons. The summed E-state index contributed by atoms with van der Waals surface area (Å²) in [4.78, 5) is 2.46. The number of hydrogen-bond acceptors (Lipinski definition) is 3. The molecular weight excluding hydrogens is 156 g/mol. The SMILES string of the molecule is CC1CN(CCN)CC(C)S1. The normalized spacial score (nSPS) is 34.1. The van der Waals surface area contributed by atoms with E-state index in [9.17, 15) is 0 Å². The molecule has 2 atom stereocenters. The molecule has 0 radical (unpaired) electrons. The van der Waals surface area contributed by atoms with E-state index in [4.69, 9.17) is 5.73 Å². The fraction of sp³-hybridized carbons (Fsp3) is 1.00. The maximum absolute atomic E-state index is 5.50. The molecule has 2 nitrogen and oxygen atoms in total. The third-order valence-corrected chi connectivity index (χ3v) is 3.17. The molecule has 0 aliphatic carbocycles. The van der Waals surface area contributed by atoms with Gasteiger partial charge in [-0.05, 0) is 0 Å². The summed E-state index contributed by atoms with van der Waals surface area (Å²) in [5.74, 6) is 0. The van der Waals surface area contributed by atoms with Crippen LogP contribution in [0.5, 0.6) is 0 Å². The highest BCUT2D eigenvalue weighted by atomic mass is 32.2. The lowest BCUT2D eigenvalue weighted by Crippen LogP contribution is -2.42. The van der Waals surface area contributed by atoms with E-state index in [1.54, 1.807) is 0 Å². The minimum Gasteiger partial charge on any atom is -0.329 e. The maximum atomic E-state index is 5.50. The van der Waals surface area contributed by atoms with Gasteiger partial charge in [-0.15, -0.1) is 0 Å². The Kier molecular flexibility index (Phi) is 3.69. The number of hydrogen-bond donors (Lipinski definition) is 1. The van der Waals surface area contributed by atoms with Gasteiger partial charge in [0.1, 0.15) is 0 Å². The Morgan fingerprint density at radius 3 is 2.36 bits per heavy atom. The second-order valence-corrected chi connectivity index (χ2v) is 5.19. The molecular formula is C8H18N2S. The van der Waals surface area contributed by atoms with Gasteiger partial charge in [-0.1, -0.05) is 13.8 Å². The maximum Gasteiger partial charge on any atom is 0.0149 e. The number of nitrogens with two attached hydrogens (primary N) is 1. The number of rotatable bonds is 2. The summed E-state index contributed by atoms with van der Waals surface area (Å²) < 4.78 is 0. The Bertz CT molecular complexity index is 109. The van der Waals surface area contributed by atoms with E-state index in [0.29, 0.717) is 0 Å². The zero-order valence-corrected chi connectivity index (χ0v) is 8.23. The number of thioether (sulfide) groups is 1. The van der Waals surface area contributed by atoms with Crippen LogP contribution in [0.25, 0.3) is 0 Å². The standard InChI is InChI=1S/C8H18N2S/c1-7-5-10(4-3-9)6-8(2)11-7/h7-8H,3-6,9H2,1-2H3. The average Bonchev–Trinajstić information content (AvgIpc) is 1.85. The van der Waals surface area contributed by atoms with Crippen LogP contribution in [-0.2, 0) is 0 Å². The molecule has 0 saturated carbocycles. The highest BCUT2D eigenvalue weighted by molar-refractivity contribution is 8.00. The molecule has 2 unspecified atom stereocenters. The summed E-state index contributed by atoms with van der Waals surface area (Å²) in [6.45, 7) is 8.88. The van der Waals surface area contributed by atoms with E-state index in [-0.39, 0.29) is 0 Å². The van der Waals surface area contributed by atoms with Crippen LogP contribution in [0.3, 0.4) is 0 Å². The van der Waals surface area contributed by atoms with Crippen molar-refractivity contribution in [1.82, 2.24) is 4.90 Å². The van der Waals surface area contributed by atoms with Gasteiger partial charge in [-0.2, -0.15) is 11.8 Å². The fourth-order valence-electron chi connectivity index (χ4n) is 1.65. The summed E-state index contributed by atoms with van der Waals surface area (Å²) >= 11 is 2.09. The third kappa shape index (κ3) is 3.01. The smallest absolute Gasteiger partial charge is 0.0149 e. The van der Waals surface area contributed by atoms with Crippen molar-refractivity contribution in [2.24, 2.45) is 5.73 Å². The third-order valence-electron chi connectivity index (χ3n) is 1.94. The van der Waals surface area contributed by atoms with Gasteiger partial charge in [0, 0.05) is 36.7 Å². The lowest BCUT2D eigenvalue weighted by Gasteiger charge is -2.34. The van der Waals surface area contributed by atoms with Crippen LogP contribution in [0, 0.1) is 0 Å². The van der Waals surface area contributed by atoms with Crippen molar-refractivity contribution in [3.63, 3.8) is 0 Å². The second-order valence-electron chi connectivity index (χ2n) is 3.31. The Balaban J connectivity index is 2.30. The Morgan fingerprint density at radius 2 is 1.91 bits per heavy atom. The van der Waals surface area contributed by atoms with Gasteiger partial charge in [0.2, 0.25) is 0 Å². The van der Waals surface area contributed by atoms with Gasteiger partial charge >= 0.3 is 0 Å². The van der Waals surface area contributed by atoms with Gasteiger partial charge in [0.05, 0.1) is 0 Å². The average molecular weight is 174 g/mol. The molecule has 0 spiro atoms. The van der Waals surface area contributed by atoms with E-state index >= 15 is 0 Å². The summed E-state index contributed by atoms with van der Waals surface area (Å²) in [7, 11) is 0.